The van der Waals surface area contributed by atoms with Crippen molar-refractivity contribution in [2.24, 2.45) is 5.92 Å². The Labute approximate surface area is 153 Å². The Morgan fingerprint density at radius 1 is 1.28 bits per heavy atom. The molecule has 5 nitrogen and oxygen atoms in total. The average molecular weight is 360 g/mol. The number of benzene rings is 1. The summed E-state index contributed by atoms with van der Waals surface area (Å²) in [7, 11) is 0. The zero-order valence-electron chi connectivity index (χ0n) is 14.8. The Balaban J connectivity index is 1.98. The first-order valence-corrected chi connectivity index (χ1v) is 8.71. The maximum atomic E-state index is 11.8. The summed E-state index contributed by atoms with van der Waals surface area (Å²) in [4.78, 5) is 11.8. The third kappa shape index (κ3) is 5.69. The third-order valence-electron chi connectivity index (χ3n) is 3.77. The van der Waals surface area contributed by atoms with Crippen LogP contribution in [-0.4, -0.2) is 16.1 Å². The van der Waals surface area contributed by atoms with Crippen molar-refractivity contribution >= 4 is 28.9 Å². The minimum absolute atomic E-state index is 0.0772. The number of nitrogens with one attached hydrogen (secondary N) is 2. The van der Waals surface area contributed by atoms with Crippen LogP contribution < -0.4 is 10.6 Å². The molecule has 0 spiro atoms. The van der Waals surface area contributed by atoms with Gasteiger partial charge in [0.1, 0.15) is 18.1 Å². The molecule has 2 rings (SSSR count). The average Bonchev–Trinajstić information content (AvgIpc) is 3.01. The second kappa shape index (κ2) is 8.78. The molecule has 2 aromatic rings. The second-order valence-electron chi connectivity index (χ2n) is 6.39. The predicted molar refractivity (Wildman–Crippen MR) is 103 cm³/mol. The summed E-state index contributed by atoms with van der Waals surface area (Å²) >= 11 is 5.19. The smallest absolute Gasteiger partial charge is 0.226 e. The van der Waals surface area contributed by atoms with Crippen LogP contribution in [0.4, 0.5) is 5.69 Å². The van der Waals surface area contributed by atoms with E-state index in [1.807, 2.05) is 31.2 Å². The molecule has 1 heterocycles. The molecule has 134 valence electrons. The highest BCUT2D eigenvalue weighted by atomic mass is 32.1. The van der Waals surface area contributed by atoms with E-state index in [0.717, 1.165) is 23.2 Å². The highest BCUT2D eigenvalue weighted by molar-refractivity contribution is 7.80. The van der Waals surface area contributed by atoms with Gasteiger partial charge in [-0.3, -0.25) is 4.79 Å². The number of hydrogen-bond acceptors (Lipinski definition) is 4. The van der Waals surface area contributed by atoms with Crippen LogP contribution in [0.15, 0.2) is 34.7 Å². The predicted octanol–water partition coefficient (Wildman–Crippen LogP) is 4.00. The summed E-state index contributed by atoms with van der Waals surface area (Å²) < 4.78 is 5.57. The maximum absolute atomic E-state index is 11.8. The van der Waals surface area contributed by atoms with Crippen molar-refractivity contribution in [3.63, 3.8) is 0 Å². The van der Waals surface area contributed by atoms with Gasteiger partial charge in [0.05, 0.1) is 0 Å². The van der Waals surface area contributed by atoms with Crippen molar-refractivity contribution in [1.82, 2.24) is 5.32 Å². The lowest BCUT2D eigenvalue weighted by atomic mass is 10.1. The van der Waals surface area contributed by atoms with Gasteiger partial charge in [0, 0.05) is 17.7 Å². The molecule has 1 aromatic heterocycles. The van der Waals surface area contributed by atoms with Gasteiger partial charge in [-0.2, -0.15) is 0 Å². The lowest BCUT2D eigenvalue weighted by Crippen LogP contribution is -2.34. The molecule has 25 heavy (non-hydrogen) atoms. The molecule has 0 aliphatic heterocycles. The molecule has 3 N–H and O–H groups in total. The number of carbonyl (C=O) groups excluding carboxylic acids is 1. The molecule has 1 amide bonds. The molecule has 0 radical (unpaired) electrons. The van der Waals surface area contributed by atoms with E-state index < -0.39 is 0 Å². The van der Waals surface area contributed by atoms with E-state index in [9.17, 15) is 4.79 Å². The summed E-state index contributed by atoms with van der Waals surface area (Å²) in [6.45, 7) is 6.00. The first-order chi connectivity index (χ1) is 11.9. The van der Waals surface area contributed by atoms with Gasteiger partial charge in [-0.1, -0.05) is 13.8 Å². The van der Waals surface area contributed by atoms with Crippen molar-refractivity contribution in [3.05, 3.63) is 41.7 Å². The largest absolute Gasteiger partial charge is 0.459 e. The third-order valence-corrected chi connectivity index (χ3v) is 3.97. The number of aliphatic hydroxyl groups excluding tert-OH is 1. The zero-order chi connectivity index (χ0) is 18.4. The lowest BCUT2D eigenvalue weighted by Gasteiger charge is -2.12. The van der Waals surface area contributed by atoms with E-state index in [1.54, 1.807) is 6.07 Å². The van der Waals surface area contributed by atoms with Gasteiger partial charge in [0.25, 0.3) is 0 Å². The van der Waals surface area contributed by atoms with Gasteiger partial charge in [0.2, 0.25) is 5.91 Å². The van der Waals surface area contributed by atoms with E-state index in [2.05, 4.69) is 24.5 Å². The van der Waals surface area contributed by atoms with Crippen LogP contribution in [0.2, 0.25) is 0 Å². The normalized spacial score (nSPS) is 10.8. The number of carbonyl (C=O) groups is 1. The Morgan fingerprint density at radius 3 is 2.64 bits per heavy atom. The Hall–Kier alpha value is -2.18. The molecule has 6 heteroatoms. The van der Waals surface area contributed by atoms with Gasteiger partial charge < -0.3 is 20.2 Å². The van der Waals surface area contributed by atoms with E-state index in [1.165, 1.54) is 0 Å². The number of hydrogen-bond donors (Lipinski definition) is 3. The maximum Gasteiger partial charge on any atom is 0.226 e. The lowest BCUT2D eigenvalue weighted by molar-refractivity contribution is -0.119. The summed E-state index contributed by atoms with van der Waals surface area (Å²) in [5, 5.41) is 15.1. The fourth-order valence-corrected chi connectivity index (χ4v) is 2.63. The summed E-state index contributed by atoms with van der Waals surface area (Å²) in [6.07, 6.45) is 1.30. The number of amides is 1. The molecule has 1 aromatic carbocycles. The summed E-state index contributed by atoms with van der Waals surface area (Å²) in [6, 6.07) is 9.31. The molecular formula is C19H24N2O3S. The quantitative estimate of drug-likeness (QED) is 0.679. The molecular weight excluding hydrogens is 336 g/mol. The number of furan rings is 1. The number of rotatable bonds is 6. The Kier molecular flexibility index (Phi) is 6.73. The Morgan fingerprint density at radius 2 is 2.04 bits per heavy atom. The van der Waals surface area contributed by atoms with Crippen molar-refractivity contribution in [2.45, 2.75) is 40.2 Å². The van der Waals surface area contributed by atoms with Crippen molar-refractivity contribution < 1.29 is 14.3 Å². The van der Waals surface area contributed by atoms with Gasteiger partial charge in [-0.25, -0.2) is 0 Å². The van der Waals surface area contributed by atoms with E-state index in [4.69, 9.17) is 21.7 Å². The zero-order valence-corrected chi connectivity index (χ0v) is 15.6. The molecule has 0 saturated carbocycles. The SMILES string of the molecule is Cc1cc(NC(=S)NC(=O)CCC(C)C)ccc1-c1ccc(CO)o1. The fourth-order valence-electron chi connectivity index (χ4n) is 2.40. The van der Waals surface area contributed by atoms with E-state index >= 15 is 0 Å². The standard InChI is InChI=1S/C19H24N2O3S/c1-12(2)4-9-18(23)21-19(25)20-14-5-7-16(13(3)10-14)17-8-6-15(11-22)24-17/h5-8,10,12,22H,4,9,11H2,1-3H3,(H2,20,21,23,25). The molecule has 0 aliphatic carbocycles. The van der Waals surface area contributed by atoms with Crippen molar-refractivity contribution in [1.29, 1.82) is 0 Å². The second-order valence-corrected chi connectivity index (χ2v) is 6.80. The molecule has 0 bridgehead atoms. The summed E-state index contributed by atoms with van der Waals surface area (Å²) in [5.41, 5.74) is 2.74. The number of thiocarbonyl (C=S) groups is 1. The van der Waals surface area contributed by atoms with Gasteiger partial charge in [-0.15, -0.1) is 0 Å². The minimum atomic E-state index is -0.122. The number of anilines is 1. The van der Waals surface area contributed by atoms with Crippen LogP contribution in [0.25, 0.3) is 11.3 Å². The molecule has 0 fully saturated rings. The fraction of sp³-hybridized carbons (Fsp3) is 0.368. The van der Waals surface area contributed by atoms with Crippen LogP contribution in [0.1, 0.15) is 38.0 Å². The molecule has 0 atom stereocenters. The van der Waals surface area contributed by atoms with Crippen molar-refractivity contribution in [2.75, 3.05) is 5.32 Å². The van der Waals surface area contributed by atoms with Crippen LogP contribution in [0.3, 0.4) is 0 Å². The highest BCUT2D eigenvalue weighted by Gasteiger charge is 2.10. The first-order valence-electron chi connectivity index (χ1n) is 8.30. The van der Waals surface area contributed by atoms with Crippen LogP contribution in [-0.2, 0) is 11.4 Å². The van der Waals surface area contributed by atoms with Crippen LogP contribution in [0.5, 0.6) is 0 Å². The topological polar surface area (TPSA) is 74.5 Å². The number of aryl methyl sites for hydroxylation is 1. The molecule has 0 unspecified atom stereocenters. The van der Waals surface area contributed by atoms with Gasteiger partial charge in [0.15, 0.2) is 5.11 Å². The number of aliphatic hydroxyl groups is 1. The van der Waals surface area contributed by atoms with Crippen molar-refractivity contribution in [3.8, 4) is 11.3 Å². The minimum Gasteiger partial charge on any atom is -0.459 e. The monoisotopic (exact) mass is 360 g/mol. The highest BCUT2D eigenvalue weighted by Crippen LogP contribution is 2.27. The Bertz CT molecular complexity index is 753. The van der Waals surface area contributed by atoms with Gasteiger partial charge >= 0.3 is 0 Å². The summed E-state index contributed by atoms with van der Waals surface area (Å²) in [5.74, 6) is 1.64. The van der Waals surface area contributed by atoms with Crippen LogP contribution in [0, 0.1) is 12.8 Å². The molecule has 0 aliphatic rings. The van der Waals surface area contributed by atoms with E-state index in [-0.39, 0.29) is 12.5 Å². The first kappa shape index (κ1) is 19.1. The molecule has 0 saturated heterocycles. The van der Waals surface area contributed by atoms with Gasteiger partial charge in [-0.05, 0) is 67.4 Å². The van der Waals surface area contributed by atoms with Crippen LogP contribution >= 0.6 is 12.2 Å². The van der Waals surface area contributed by atoms with E-state index in [0.29, 0.717) is 29.0 Å².